The van der Waals surface area contributed by atoms with Crippen molar-refractivity contribution in [2.45, 2.75) is 6.92 Å². The van der Waals surface area contributed by atoms with Crippen LogP contribution in [0.5, 0.6) is 0 Å². The summed E-state index contributed by atoms with van der Waals surface area (Å²) in [6.07, 6.45) is 1.56. The summed E-state index contributed by atoms with van der Waals surface area (Å²) in [6, 6.07) is 6.09. The van der Waals surface area contributed by atoms with Crippen LogP contribution in [0.3, 0.4) is 0 Å². The Morgan fingerprint density at radius 1 is 1.39 bits per heavy atom. The average Bonchev–Trinajstić information content (AvgIpc) is 2.76. The van der Waals surface area contributed by atoms with Gasteiger partial charge in [-0.2, -0.15) is 5.10 Å². The molecule has 0 radical (unpaired) electrons. The third-order valence-corrected chi connectivity index (χ3v) is 2.75. The summed E-state index contributed by atoms with van der Waals surface area (Å²) in [4.78, 5) is 10.0. The summed E-state index contributed by atoms with van der Waals surface area (Å²) in [5, 5.41) is 23.5. The third kappa shape index (κ3) is 3.08. The largest absolute Gasteiger partial charge is 0.269 e. The standard InChI is InChI=1S/C10H9N5O2S/c1-7-12-14-10(18-7)13-11-6-8-2-4-9(5-3-8)15(16)17/h2-6H,1H3,(H,13,14). The van der Waals surface area contributed by atoms with Crippen LogP contribution in [0.4, 0.5) is 10.8 Å². The molecule has 1 N–H and O–H groups in total. The second kappa shape index (κ2) is 5.32. The van der Waals surface area contributed by atoms with Crippen LogP contribution in [0, 0.1) is 17.0 Å². The smallest absolute Gasteiger partial charge is 0.258 e. The number of benzene rings is 1. The summed E-state index contributed by atoms with van der Waals surface area (Å²) in [5.74, 6) is 0. The van der Waals surface area contributed by atoms with Crippen molar-refractivity contribution in [2.75, 3.05) is 5.43 Å². The molecule has 1 heterocycles. The normalized spacial score (nSPS) is 10.7. The summed E-state index contributed by atoms with van der Waals surface area (Å²) in [6.45, 7) is 1.85. The van der Waals surface area contributed by atoms with E-state index in [1.54, 1.807) is 18.3 Å². The van der Waals surface area contributed by atoms with Gasteiger partial charge in [0.05, 0.1) is 11.1 Å². The quantitative estimate of drug-likeness (QED) is 0.518. The number of aryl methyl sites for hydroxylation is 1. The van der Waals surface area contributed by atoms with Crippen LogP contribution < -0.4 is 5.43 Å². The number of nitro benzene ring substituents is 1. The van der Waals surface area contributed by atoms with E-state index in [0.29, 0.717) is 5.13 Å². The molecule has 0 aliphatic carbocycles. The summed E-state index contributed by atoms with van der Waals surface area (Å²) in [5.41, 5.74) is 3.55. The zero-order valence-corrected chi connectivity index (χ0v) is 10.2. The van der Waals surface area contributed by atoms with Gasteiger partial charge in [0.2, 0.25) is 5.13 Å². The molecule has 0 saturated carbocycles. The monoisotopic (exact) mass is 263 g/mol. The highest BCUT2D eigenvalue weighted by molar-refractivity contribution is 7.15. The van der Waals surface area contributed by atoms with Crippen molar-refractivity contribution in [3.8, 4) is 0 Å². The van der Waals surface area contributed by atoms with Crippen molar-refractivity contribution in [3.05, 3.63) is 45.0 Å². The number of nitro groups is 1. The molecule has 18 heavy (non-hydrogen) atoms. The highest BCUT2D eigenvalue weighted by atomic mass is 32.1. The highest BCUT2D eigenvalue weighted by Gasteiger charge is 2.02. The lowest BCUT2D eigenvalue weighted by molar-refractivity contribution is -0.384. The maximum atomic E-state index is 10.5. The maximum Gasteiger partial charge on any atom is 0.269 e. The van der Waals surface area contributed by atoms with Gasteiger partial charge in [-0.25, -0.2) is 0 Å². The number of hydrogen-bond acceptors (Lipinski definition) is 7. The Morgan fingerprint density at radius 3 is 2.67 bits per heavy atom. The van der Waals surface area contributed by atoms with E-state index in [-0.39, 0.29) is 5.69 Å². The van der Waals surface area contributed by atoms with Crippen molar-refractivity contribution in [3.63, 3.8) is 0 Å². The van der Waals surface area contributed by atoms with Crippen LogP contribution in [-0.2, 0) is 0 Å². The average molecular weight is 263 g/mol. The van der Waals surface area contributed by atoms with Gasteiger partial charge in [0.15, 0.2) is 0 Å². The molecule has 0 bridgehead atoms. The molecule has 0 spiro atoms. The van der Waals surface area contributed by atoms with Crippen LogP contribution in [0.25, 0.3) is 0 Å². The number of nitrogens with one attached hydrogen (secondary N) is 1. The van der Waals surface area contributed by atoms with E-state index in [4.69, 9.17) is 0 Å². The Labute approximate surface area is 106 Å². The van der Waals surface area contributed by atoms with Crippen molar-refractivity contribution in [1.82, 2.24) is 10.2 Å². The lowest BCUT2D eigenvalue weighted by Crippen LogP contribution is -1.91. The Morgan fingerprint density at radius 2 is 2.11 bits per heavy atom. The summed E-state index contributed by atoms with van der Waals surface area (Å²) >= 11 is 1.39. The van der Waals surface area contributed by atoms with E-state index < -0.39 is 4.92 Å². The first-order chi connectivity index (χ1) is 8.65. The first-order valence-electron chi connectivity index (χ1n) is 4.99. The number of non-ortho nitro benzene ring substituents is 1. The first-order valence-corrected chi connectivity index (χ1v) is 5.80. The van der Waals surface area contributed by atoms with Crippen molar-refractivity contribution in [1.29, 1.82) is 0 Å². The van der Waals surface area contributed by atoms with Gasteiger partial charge in [0.25, 0.3) is 5.69 Å². The molecule has 0 unspecified atom stereocenters. The molecule has 2 rings (SSSR count). The van der Waals surface area contributed by atoms with E-state index in [1.165, 1.54) is 23.5 Å². The SMILES string of the molecule is Cc1nnc(NN=Cc2ccc([N+](=O)[O-])cc2)s1. The molecule has 0 aliphatic heterocycles. The maximum absolute atomic E-state index is 10.5. The van der Waals surface area contributed by atoms with Crippen molar-refractivity contribution < 1.29 is 4.92 Å². The van der Waals surface area contributed by atoms with Gasteiger partial charge in [-0.3, -0.25) is 15.5 Å². The molecule has 0 aliphatic rings. The Kier molecular flexibility index (Phi) is 3.58. The van der Waals surface area contributed by atoms with Crippen LogP contribution in [0.2, 0.25) is 0 Å². The predicted octanol–water partition coefficient (Wildman–Crippen LogP) is 2.20. The minimum Gasteiger partial charge on any atom is -0.258 e. The number of anilines is 1. The minimum atomic E-state index is -0.441. The fourth-order valence-electron chi connectivity index (χ4n) is 1.19. The third-order valence-electron chi connectivity index (χ3n) is 2.00. The molecule has 92 valence electrons. The van der Waals surface area contributed by atoms with Gasteiger partial charge < -0.3 is 0 Å². The predicted molar refractivity (Wildman–Crippen MR) is 69.0 cm³/mol. The fraction of sp³-hybridized carbons (Fsp3) is 0.100. The molecule has 0 fully saturated rings. The number of hydrogen-bond donors (Lipinski definition) is 1. The molecule has 0 atom stereocenters. The van der Waals surface area contributed by atoms with Crippen LogP contribution in [-0.4, -0.2) is 21.3 Å². The van der Waals surface area contributed by atoms with Gasteiger partial charge in [0, 0.05) is 12.1 Å². The van der Waals surface area contributed by atoms with Crippen molar-refractivity contribution in [2.24, 2.45) is 5.10 Å². The summed E-state index contributed by atoms with van der Waals surface area (Å²) < 4.78 is 0. The second-order valence-corrected chi connectivity index (χ2v) is 4.53. The molecular weight excluding hydrogens is 254 g/mol. The molecular formula is C10H9N5O2S. The van der Waals surface area contributed by atoms with Gasteiger partial charge in [0.1, 0.15) is 5.01 Å². The number of aromatic nitrogens is 2. The van der Waals surface area contributed by atoms with E-state index in [2.05, 4.69) is 20.7 Å². The Bertz CT molecular complexity index is 578. The topological polar surface area (TPSA) is 93.3 Å². The molecule has 0 saturated heterocycles. The van der Waals surface area contributed by atoms with E-state index in [1.807, 2.05) is 6.92 Å². The van der Waals surface area contributed by atoms with E-state index in [0.717, 1.165) is 10.6 Å². The van der Waals surface area contributed by atoms with E-state index >= 15 is 0 Å². The Hall–Kier alpha value is -2.35. The minimum absolute atomic E-state index is 0.0554. The fourth-order valence-corrected chi connectivity index (χ4v) is 1.73. The second-order valence-electron chi connectivity index (χ2n) is 3.34. The van der Waals surface area contributed by atoms with Gasteiger partial charge in [-0.15, -0.1) is 10.2 Å². The van der Waals surface area contributed by atoms with Crippen LogP contribution in [0.15, 0.2) is 29.4 Å². The molecule has 7 nitrogen and oxygen atoms in total. The van der Waals surface area contributed by atoms with Gasteiger partial charge in [-0.05, 0) is 24.6 Å². The van der Waals surface area contributed by atoms with E-state index in [9.17, 15) is 10.1 Å². The lowest BCUT2D eigenvalue weighted by atomic mass is 10.2. The molecule has 1 aromatic carbocycles. The van der Waals surface area contributed by atoms with Crippen LogP contribution in [0.1, 0.15) is 10.6 Å². The zero-order chi connectivity index (χ0) is 13.0. The lowest BCUT2D eigenvalue weighted by Gasteiger charge is -1.94. The molecule has 0 amide bonds. The first kappa shape index (κ1) is 12.1. The molecule has 1 aromatic heterocycles. The zero-order valence-electron chi connectivity index (χ0n) is 9.40. The number of rotatable bonds is 4. The molecule has 2 aromatic rings. The van der Waals surface area contributed by atoms with Gasteiger partial charge in [-0.1, -0.05) is 11.3 Å². The van der Waals surface area contributed by atoms with Crippen molar-refractivity contribution >= 4 is 28.4 Å². The van der Waals surface area contributed by atoms with Gasteiger partial charge >= 0.3 is 0 Å². The van der Waals surface area contributed by atoms with Crippen LogP contribution >= 0.6 is 11.3 Å². The highest BCUT2D eigenvalue weighted by Crippen LogP contribution is 2.13. The number of nitrogens with zero attached hydrogens (tertiary/aromatic N) is 4. The Balaban J connectivity index is 1.98. The summed E-state index contributed by atoms with van der Waals surface area (Å²) in [7, 11) is 0. The number of hydrazone groups is 1. The molecule has 8 heteroatoms.